The number of hydrogen-bond acceptors (Lipinski definition) is 4. The van der Waals surface area contributed by atoms with E-state index in [1.54, 1.807) is 4.57 Å². The Labute approximate surface area is 168 Å². The Morgan fingerprint density at radius 2 is 1.83 bits per heavy atom. The fraction of sp³-hybridized carbons (Fsp3) is 0.429. The molecule has 2 N–H and O–H groups in total. The second-order valence-electron chi connectivity index (χ2n) is 7.82. The maximum atomic E-state index is 12.9. The number of para-hydroxylation sites is 1. The zero-order chi connectivity index (χ0) is 20.5. The lowest BCUT2D eigenvalue weighted by Crippen LogP contribution is -2.39. The number of hydrogen-bond donors (Lipinski definition) is 2. The molecule has 8 nitrogen and oxygen atoms in total. The first-order valence-electron chi connectivity index (χ1n) is 9.99. The molecule has 0 bridgehead atoms. The van der Waals surface area contributed by atoms with Gasteiger partial charge in [-0.05, 0) is 51.2 Å². The van der Waals surface area contributed by atoms with Gasteiger partial charge in [-0.15, -0.1) is 0 Å². The van der Waals surface area contributed by atoms with Crippen molar-refractivity contribution < 1.29 is 4.79 Å². The molecule has 0 saturated carbocycles. The molecule has 0 atom stereocenters. The highest BCUT2D eigenvalue weighted by Crippen LogP contribution is 2.24. The van der Waals surface area contributed by atoms with Gasteiger partial charge in [-0.25, -0.2) is 14.5 Å². The molecular weight excluding hydrogens is 368 g/mol. The Hall–Kier alpha value is -3.16. The predicted octanol–water partition coefficient (Wildman–Crippen LogP) is 2.30. The lowest BCUT2D eigenvalue weighted by atomic mass is 9.92. The van der Waals surface area contributed by atoms with Crippen LogP contribution in [0.5, 0.6) is 0 Å². The topological polar surface area (TPSA) is 99.7 Å². The summed E-state index contributed by atoms with van der Waals surface area (Å²) < 4.78 is 1.67. The third-order valence-electron chi connectivity index (χ3n) is 5.81. The highest BCUT2D eigenvalue weighted by atomic mass is 16.2. The number of H-pyrrole nitrogens is 2. The van der Waals surface area contributed by atoms with Crippen molar-refractivity contribution in [3.8, 4) is 5.69 Å². The van der Waals surface area contributed by atoms with Crippen molar-refractivity contribution in [2.45, 2.75) is 40.0 Å². The number of piperidine rings is 1. The first kappa shape index (κ1) is 19.2. The molecule has 0 unspecified atom stereocenters. The molecule has 0 aliphatic carbocycles. The zero-order valence-corrected chi connectivity index (χ0v) is 17.0. The Bertz CT molecular complexity index is 1070. The third kappa shape index (κ3) is 3.62. The van der Waals surface area contributed by atoms with Crippen LogP contribution in [0.4, 0.5) is 0 Å². The van der Waals surface area contributed by atoms with Gasteiger partial charge in [0, 0.05) is 25.2 Å². The highest BCUT2D eigenvalue weighted by molar-refractivity contribution is 5.96. The summed E-state index contributed by atoms with van der Waals surface area (Å²) in [5.74, 6) is 1.17. The molecule has 1 saturated heterocycles. The highest BCUT2D eigenvalue weighted by Gasteiger charge is 2.28. The second-order valence-corrected chi connectivity index (χ2v) is 7.82. The van der Waals surface area contributed by atoms with Gasteiger partial charge in [0.1, 0.15) is 5.82 Å². The Kier molecular flexibility index (Phi) is 5.08. The van der Waals surface area contributed by atoms with E-state index in [2.05, 4.69) is 20.4 Å². The standard InChI is InChI=1S/C21H26N6O2/c1-13-6-4-5-7-17(13)27-18(24-25-21(27)29)12-16-8-10-26(11-9-16)20(28)19-14(2)22-23-15(19)3/h4-7,16H,8-12H2,1-3H3,(H,22,23)(H,25,29). The van der Waals surface area contributed by atoms with Gasteiger partial charge in [-0.2, -0.15) is 10.2 Å². The molecule has 152 valence electrons. The number of aryl methyl sites for hydroxylation is 3. The number of amides is 1. The Morgan fingerprint density at radius 1 is 1.10 bits per heavy atom. The van der Waals surface area contributed by atoms with E-state index < -0.39 is 0 Å². The maximum absolute atomic E-state index is 12.9. The van der Waals surface area contributed by atoms with Gasteiger partial charge >= 0.3 is 5.69 Å². The molecule has 1 aliphatic heterocycles. The summed E-state index contributed by atoms with van der Waals surface area (Å²) in [6.45, 7) is 7.12. The number of aromatic nitrogens is 5. The van der Waals surface area contributed by atoms with Crippen molar-refractivity contribution in [2.24, 2.45) is 5.92 Å². The average molecular weight is 394 g/mol. The quantitative estimate of drug-likeness (QED) is 0.709. The Balaban J connectivity index is 1.46. The molecule has 1 fully saturated rings. The number of carbonyl (C=O) groups is 1. The molecule has 1 amide bonds. The first-order valence-corrected chi connectivity index (χ1v) is 9.99. The van der Waals surface area contributed by atoms with Crippen LogP contribution in [0.25, 0.3) is 5.69 Å². The summed E-state index contributed by atoms with van der Waals surface area (Å²) in [6, 6.07) is 7.81. The Morgan fingerprint density at radius 3 is 2.48 bits per heavy atom. The minimum absolute atomic E-state index is 0.0452. The number of nitrogens with one attached hydrogen (secondary N) is 2. The van der Waals surface area contributed by atoms with E-state index in [4.69, 9.17) is 0 Å². The molecule has 1 aliphatic rings. The normalized spacial score (nSPS) is 15.1. The van der Waals surface area contributed by atoms with Crippen LogP contribution in [-0.4, -0.2) is 48.9 Å². The minimum atomic E-state index is -0.215. The van der Waals surface area contributed by atoms with E-state index in [9.17, 15) is 9.59 Å². The lowest BCUT2D eigenvalue weighted by Gasteiger charge is -2.32. The molecular formula is C21H26N6O2. The van der Waals surface area contributed by atoms with Crippen LogP contribution in [0, 0.1) is 26.7 Å². The molecule has 1 aromatic carbocycles. The molecule has 2 aromatic heterocycles. The van der Waals surface area contributed by atoms with Crippen molar-refractivity contribution in [3.05, 3.63) is 63.1 Å². The monoisotopic (exact) mass is 394 g/mol. The number of carbonyl (C=O) groups excluding carboxylic acids is 1. The molecule has 3 heterocycles. The minimum Gasteiger partial charge on any atom is -0.339 e. The van der Waals surface area contributed by atoms with Crippen LogP contribution >= 0.6 is 0 Å². The molecule has 4 rings (SSSR count). The fourth-order valence-corrected chi connectivity index (χ4v) is 4.15. The van der Waals surface area contributed by atoms with Crippen LogP contribution in [-0.2, 0) is 6.42 Å². The van der Waals surface area contributed by atoms with Crippen molar-refractivity contribution >= 4 is 5.91 Å². The van der Waals surface area contributed by atoms with Gasteiger partial charge in [0.2, 0.25) is 0 Å². The third-order valence-corrected chi connectivity index (χ3v) is 5.81. The van der Waals surface area contributed by atoms with Crippen molar-refractivity contribution in [2.75, 3.05) is 13.1 Å². The first-order chi connectivity index (χ1) is 14.0. The van der Waals surface area contributed by atoms with E-state index in [1.807, 2.05) is 49.9 Å². The summed E-state index contributed by atoms with van der Waals surface area (Å²) in [7, 11) is 0. The van der Waals surface area contributed by atoms with Gasteiger partial charge in [0.25, 0.3) is 5.91 Å². The van der Waals surface area contributed by atoms with Crippen LogP contribution in [0.3, 0.4) is 0 Å². The summed E-state index contributed by atoms with van der Waals surface area (Å²) in [6.07, 6.45) is 2.48. The number of likely N-dealkylation sites (tertiary alicyclic amines) is 1. The number of benzene rings is 1. The van der Waals surface area contributed by atoms with Crippen molar-refractivity contribution in [1.82, 2.24) is 29.9 Å². The average Bonchev–Trinajstić information content (AvgIpc) is 3.24. The predicted molar refractivity (Wildman–Crippen MR) is 109 cm³/mol. The summed E-state index contributed by atoms with van der Waals surface area (Å²) in [5.41, 5.74) is 3.92. The van der Waals surface area contributed by atoms with Gasteiger partial charge in [0.05, 0.1) is 16.9 Å². The molecule has 8 heteroatoms. The molecule has 3 aromatic rings. The largest absolute Gasteiger partial charge is 0.347 e. The molecule has 0 spiro atoms. The van der Waals surface area contributed by atoms with Crippen LogP contribution in [0.2, 0.25) is 0 Å². The van der Waals surface area contributed by atoms with E-state index in [0.717, 1.165) is 41.3 Å². The zero-order valence-electron chi connectivity index (χ0n) is 17.0. The maximum Gasteiger partial charge on any atom is 0.347 e. The van der Waals surface area contributed by atoms with Gasteiger partial charge in [0.15, 0.2) is 0 Å². The smallest absolute Gasteiger partial charge is 0.339 e. The summed E-state index contributed by atoms with van der Waals surface area (Å²) in [4.78, 5) is 27.1. The molecule has 29 heavy (non-hydrogen) atoms. The van der Waals surface area contributed by atoms with Crippen LogP contribution in [0.15, 0.2) is 29.1 Å². The van der Waals surface area contributed by atoms with Gasteiger partial charge < -0.3 is 4.90 Å². The van der Waals surface area contributed by atoms with Crippen molar-refractivity contribution in [3.63, 3.8) is 0 Å². The summed E-state index contributed by atoms with van der Waals surface area (Å²) >= 11 is 0. The van der Waals surface area contributed by atoms with Crippen LogP contribution in [0.1, 0.15) is 46.0 Å². The lowest BCUT2D eigenvalue weighted by molar-refractivity contribution is 0.0688. The summed E-state index contributed by atoms with van der Waals surface area (Å²) in [5, 5.41) is 13.9. The van der Waals surface area contributed by atoms with Gasteiger partial charge in [-0.3, -0.25) is 9.89 Å². The molecule has 0 radical (unpaired) electrons. The number of rotatable bonds is 4. The van der Waals surface area contributed by atoms with Gasteiger partial charge in [-0.1, -0.05) is 18.2 Å². The van der Waals surface area contributed by atoms with Crippen LogP contribution < -0.4 is 5.69 Å². The van der Waals surface area contributed by atoms with Crippen molar-refractivity contribution in [1.29, 1.82) is 0 Å². The second kappa shape index (κ2) is 7.69. The van der Waals surface area contributed by atoms with E-state index in [-0.39, 0.29) is 11.6 Å². The number of nitrogens with zero attached hydrogens (tertiary/aromatic N) is 4. The number of aromatic amines is 2. The van der Waals surface area contributed by atoms with E-state index in [0.29, 0.717) is 31.0 Å². The van der Waals surface area contributed by atoms with E-state index >= 15 is 0 Å². The van der Waals surface area contributed by atoms with E-state index in [1.165, 1.54) is 0 Å². The SMILES string of the molecule is Cc1ccccc1-n1c(CC2CCN(C(=O)c3c(C)n[nH]c3C)CC2)n[nH]c1=O. The fourth-order valence-electron chi connectivity index (χ4n) is 4.15.